The van der Waals surface area contributed by atoms with E-state index in [2.05, 4.69) is 49.9 Å². The van der Waals surface area contributed by atoms with Gasteiger partial charge in [-0.2, -0.15) is 0 Å². The van der Waals surface area contributed by atoms with Crippen LogP contribution in [0, 0.1) is 0 Å². The number of anilines is 1. The first kappa shape index (κ1) is 10.5. The van der Waals surface area contributed by atoms with Crippen LogP contribution < -0.4 is 4.90 Å². The molecule has 1 unspecified atom stereocenters. The third-order valence-electron chi connectivity index (χ3n) is 3.18. The average Bonchev–Trinajstić information content (AvgIpc) is 3.01. The maximum atomic E-state index is 5.42. The van der Waals surface area contributed by atoms with Gasteiger partial charge < -0.3 is 9.64 Å². The average molecular weight is 205 g/mol. The molecule has 0 aromatic heterocycles. The highest BCUT2D eigenvalue weighted by atomic mass is 16.6. The second kappa shape index (κ2) is 3.86. The van der Waals surface area contributed by atoms with Gasteiger partial charge in [0.25, 0.3) is 0 Å². The number of epoxide rings is 1. The van der Waals surface area contributed by atoms with Crippen molar-refractivity contribution in [3.63, 3.8) is 0 Å². The summed E-state index contributed by atoms with van der Waals surface area (Å²) in [5.74, 6) is 0. The van der Waals surface area contributed by atoms with Crippen molar-refractivity contribution in [2.45, 2.75) is 26.4 Å². The zero-order valence-electron chi connectivity index (χ0n) is 9.79. The van der Waals surface area contributed by atoms with E-state index in [0.717, 1.165) is 19.7 Å². The molecule has 1 aromatic rings. The summed E-state index contributed by atoms with van der Waals surface area (Å²) < 4.78 is 5.42. The monoisotopic (exact) mass is 205 g/mol. The minimum atomic E-state index is 0.00178. The third-order valence-corrected chi connectivity index (χ3v) is 3.18. The van der Waals surface area contributed by atoms with Crippen molar-refractivity contribution in [1.29, 1.82) is 0 Å². The van der Waals surface area contributed by atoms with Crippen LogP contribution in [0.15, 0.2) is 24.3 Å². The summed E-state index contributed by atoms with van der Waals surface area (Å²) in [5, 5.41) is 0. The van der Waals surface area contributed by atoms with E-state index in [0.29, 0.717) is 0 Å². The Morgan fingerprint density at radius 3 is 2.13 bits per heavy atom. The smallest absolute Gasteiger partial charge is 0.114 e. The maximum Gasteiger partial charge on any atom is 0.114 e. The van der Waals surface area contributed by atoms with E-state index in [4.69, 9.17) is 4.74 Å². The number of nitrogens with zero attached hydrogens (tertiary/aromatic N) is 1. The summed E-state index contributed by atoms with van der Waals surface area (Å²) in [6.07, 6.45) is 0. The largest absolute Gasteiger partial charge is 0.372 e. The quantitative estimate of drug-likeness (QED) is 0.702. The summed E-state index contributed by atoms with van der Waals surface area (Å²) in [6.45, 7) is 9.48. The Morgan fingerprint density at radius 2 is 1.73 bits per heavy atom. The highest BCUT2D eigenvalue weighted by Crippen LogP contribution is 2.38. The van der Waals surface area contributed by atoms with Crippen LogP contribution in [0.3, 0.4) is 0 Å². The van der Waals surface area contributed by atoms with Gasteiger partial charge in [0, 0.05) is 18.8 Å². The van der Waals surface area contributed by atoms with Gasteiger partial charge in [0.1, 0.15) is 5.60 Å². The predicted molar refractivity (Wildman–Crippen MR) is 63.3 cm³/mol. The number of hydrogen-bond acceptors (Lipinski definition) is 2. The Hall–Kier alpha value is -1.02. The molecule has 1 fully saturated rings. The SMILES string of the molecule is CCN(CC)c1ccc(C2(C)CO2)cc1. The number of ether oxygens (including phenoxy) is 1. The molecular formula is C13H19NO. The van der Waals surface area contributed by atoms with Crippen molar-refractivity contribution in [3.8, 4) is 0 Å². The molecule has 0 aliphatic carbocycles. The molecule has 1 atom stereocenters. The molecule has 82 valence electrons. The van der Waals surface area contributed by atoms with Crippen LogP contribution in [-0.4, -0.2) is 19.7 Å². The zero-order valence-corrected chi connectivity index (χ0v) is 9.79. The van der Waals surface area contributed by atoms with E-state index in [-0.39, 0.29) is 5.60 Å². The Kier molecular flexibility index (Phi) is 2.70. The van der Waals surface area contributed by atoms with E-state index in [9.17, 15) is 0 Å². The Labute approximate surface area is 91.9 Å². The second-order valence-corrected chi connectivity index (χ2v) is 4.24. The lowest BCUT2D eigenvalue weighted by molar-refractivity contribution is 0.329. The van der Waals surface area contributed by atoms with Crippen LogP contribution >= 0.6 is 0 Å². The molecular weight excluding hydrogens is 186 g/mol. The van der Waals surface area contributed by atoms with E-state index >= 15 is 0 Å². The molecule has 15 heavy (non-hydrogen) atoms. The zero-order chi connectivity index (χ0) is 10.9. The maximum absolute atomic E-state index is 5.42. The molecule has 1 saturated heterocycles. The summed E-state index contributed by atoms with van der Waals surface area (Å²) in [5.41, 5.74) is 2.59. The molecule has 0 amide bonds. The minimum absolute atomic E-state index is 0.00178. The van der Waals surface area contributed by atoms with Gasteiger partial charge in [-0.3, -0.25) is 0 Å². The van der Waals surface area contributed by atoms with Gasteiger partial charge in [-0.1, -0.05) is 12.1 Å². The Balaban J connectivity index is 2.16. The molecule has 0 N–H and O–H groups in total. The first-order valence-corrected chi connectivity index (χ1v) is 5.69. The molecule has 0 radical (unpaired) electrons. The summed E-state index contributed by atoms with van der Waals surface area (Å²) in [7, 11) is 0. The highest BCUT2D eigenvalue weighted by Gasteiger charge is 2.40. The topological polar surface area (TPSA) is 15.8 Å². The van der Waals surface area contributed by atoms with Crippen molar-refractivity contribution in [2.24, 2.45) is 0 Å². The standard InChI is InChI=1S/C13H19NO/c1-4-14(5-2)12-8-6-11(7-9-12)13(3)10-15-13/h6-9H,4-5,10H2,1-3H3. The molecule has 0 bridgehead atoms. The Bertz CT molecular complexity index is 323. The molecule has 2 rings (SSSR count). The van der Waals surface area contributed by atoms with Crippen LogP contribution in [0.1, 0.15) is 26.3 Å². The molecule has 2 nitrogen and oxygen atoms in total. The van der Waals surface area contributed by atoms with Crippen molar-refractivity contribution >= 4 is 5.69 Å². The van der Waals surface area contributed by atoms with Gasteiger partial charge in [-0.25, -0.2) is 0 Å². The van der Waals surface area contributed by atoms with Gasteiger partial charge in [-0.15, -0.1) is 0 Å². The van der Waals surface area contributed by atoms with Gasteiger partial charge in [0.05, 0.1) is 6.61 Å². The second-order valence-electron chi connectivity index (χ2n) is 4.24. The summed E-state index contributed by atoms with van der Waals surface area (Å²) >= 11 is 0. The molecule has 0 spiro atoms. The predicted octanol–water partition coefficient (Wildman–Crippen LogP) is 2.78. The molecule has 1 aromatic carbocycles. The van der Waals surface area contributed by atoms with Crippen molar-refractivity contribution in [1.82, 2.24) is 0 Å². The van der Waals surface area contributed by atoms with E-state index < -0.39 is 0 Å². The van der Waals surface area contributed by atoms with Gasteiger partial charge in [0.2, 0.25) is 0 Å². The molecule has 1 aliphatic heterocycles. The van der Waals surface area contributed by atoms with Crippen molar-refractivity contribution < 1.29 is 4.74 Å². The minimum Gasteiger partial charge on any atom is -0.372 e. The highest BCUT2D eigenvalue weighted by molar-refractivity contribution is 5.48. The fourth-order valence-corrected chi connectivity index (χ4v) is 1.89. The lowest BCUT2D eigenvalue weighted by Gasteiger charge is -2.21. The fraction of sp³-hybridized carbons (Fsp3) is 0.538. The lowest BCUT2D eigenvalue weighted by Crippen LogP contribution is -2.21. The Morgan fingerprint density at radius 1 is 1.20 bits per heavy atom. The van der Waals surface area contributed by atoms with E-state index in [1.54, 1.807) is 0 Å². The van der Waals surface area contributed by atoms with Crippen LogP contribution in [0.25, 0.3) is 0 Å². The third kappa shape index (κ3) is 2.00. The van der Waals surface area contributed by atoms with Gasteiger partial charge in [-0.05, 0) is 38.5 Å². The lowest BCUT2D eigenvalue weighted by atomic mass is 10.0. The molecule has 1 aliphatic rings. The number of rotatable bonds is 4. The van der Waals surface area contributed by atoms with Crippen molar-refractivity contribution in [3.05, 3.63) is 29.8 Å². The molecule has 2 heteroatoms. The summed E-state index contributed by atoms with van der Waals surface area (Å²) in [6, 6.07) is 8.74. The first-order valence-electron chi connectivity index (χ1n) is 5.69. The van der Waals surface area contributed by atoms with Crippen LogP contribution in [-0.2, 0) is 10.3 Å². The van der Waals surface area contributed by atoms with Crippen LogP contribution in [0.5, 0.6) is 0 Å². The fourth-order valence-electron chi connectivity index (χ4n) is 1.89. The summed E-state index contributed by atoms with van der Waals surface area (Å²) in [4.78, 5) is 2.35. The van der Waals surface area contributed by atoms with E-state index in [1.807, 2.05) is 0 Å². The molecule has 0 saturated carbocycles. The van der Waals surface area contributed by atoms with Crippen LogP contribution in [0.2, 0.25) is 0 Å². The number of hydrogen-bond donors (Lipinski definition) is 0. The van der Waals surface area contributed by atoms with Crippen molar-refractivity contribution in [2.75, 3.05) is 24.6 Å². The first-order chi connectivity index (χ1) is 7.19. The van der Waals surface area contributed by atoms with Gasteiger partial charge in [0.15, 0.2) is 0 Å². The van der Waals surface area contributed by atoms with Gasteiger partial charge >= 0.3 is 0 Å². The normalized spacial score (nSPS) is 23.9. The van der Waals surface area contributed by atoms with E-state index in [1.165, 1.54) is 11.3 Å². The number of benzene rings is 1. The molecule has 1 heterocycles. The van der Waals surface area contributed by atoms with Crippen LogP contribution in [0.4, 0.5) is 5.69 Å².